The van der Waals surface area contributed by atoms with Crippen molar-refractivity contribution in [2.45, 2.75) is 13.0 Å². The Labute approximate surface area is 84.2 Å². The van der Waals surface area contributed by atoms with Gasteiger partial charge in [0.25, 0.3) is 0 Å². The molecular formula is C9H18N4O. The molecule has 14 heavy (non-hydrogen) atoms. The number of nitrogens with one attached hydrogen (secondary N) is 1. The van der Waals surface area contributed by atoms with Crippen LogP contribution in [-0.2, 0) is 11.8 Å². The first kappa shape index (κ1) is 11.0. The average Bonchev–Trinajstić information content (AvgIpc) is 2.42. The van der Waals surface area contributed by atoms with Gasteiger partial charge in [-0.05, 0) is 6.92 Å². The molecule has 5 heteroatoms. The number of methoxy groups -OCH3 is 1. The quantitative estimate of drug-likeness (QED) is 0.705. The van der Waals surface area contributed by atoms with Crippen molar-refractivity contribution in [3.63, 3.8) is 0 Å². The van der Waals surface area contributed by atoms with Gasteiger partial charge >= 0.3 is 0 Å². The summed E-state index contributed by atoms with van der Waals surface area (Å²) < 4.78 is 6.74. The van der Waals surface area contributed by atoms with Crippen LogP contribution in [0.1, 0.15) is 5.69 Å². The molecule has 0 spiro atoms. The fourth-order valence-corrected chi connectivity index (χ4v) is 1.28. The van der Waals surface area contributed by atoms with Gasteiger partial charge in [-0.15, -0.1) is 0 Å². The Morgan fingerprint density at radius 2 is 2.43 bits per heavy atom. The fraction of sp³-hybridized carbons (Fsp3) is 0.667. The minimum atomic E-state index is 0.00945. The van der Waals surface area contributed by atoms with E-state index < -0.39 is 0 Å². The molecule has 1 aromatic rings. The molecule has 5 nitrogen and oxygen atoms in total. The summed E-state index contributed by atoms with van der Waals surface area (Å²) in [6.07, 6.45) is 0. The number of hydrogen-bond donors (Lipinski definition) is 2. The summed E-state index contributed by atoms with van der Waals surface area (Å²) in [4.78, 5) is 0. The van der Waals surface area contributed by atoms with E-state index in [4.69, 9.17) is 10.5 Å². The van der Waals surface area contributed by atoms with Crippen LogP contribution >= 0.6 is 0 Å². The number of anilines is 1. The zero-order valence-electron chi connectivity index (χ0n) is 8.95. The Hall–Kier alpha value is -1.07. The molecule has 0 aromatic carbocycles. The second-order valence-electron chi connectivity index (χ2n) is 3.39. The molecule has 0 amide bonds. The predicted octanol–water partition coefficient (Wildman–Crippen LogP) is 0.114. The highest BCUT2D eigenvalue weighted by atomic mass is 16.5. The van der Waals surface area contributed by atoms with Crippen LogP contribution in [0.3, 0.4) is 0 Å². The van der Waals surface area contributed by atoms with Crippen LogP contribution in [0.5, 0.6) is 0 Å². The van der Waals surface area contributed by atoms with Crippen LogP contribution in [0.4, 0.5) is 5.82 Å². The third-order valence-electron chi connectivity index (χ3n) is 1.93. The van der Waals surface area contributed by atoms with Gasteiger partial charge in [0.1, 0.15) is 5.82 Å². The maximum atomic E-state index is 5.77. The van der Waals surface area contributed by atoms with Crippen molar-refractivity contribution in [3.05, 3.63) is 11.8 Å². The van der Waals surface area contributed by atoms with E-state index in [0.29, 0.717) is 13.2 Å². The maximum Gasteiger partial charge on any atom is 0.124 e. The summed E-state index contributed by atoms with van der Waals surface area (Å²) >= 11 is 0. The highest BCUT2D eigenvalue weighted by Gasteiger charge is 2.04. The van der Waals surface area contributed by atoms with Gasteiger partial charge in [-0.1, -0.05) is 0 Å². The van der Waals surface area contributed by atoms with E-state index in [1.54, 1.807) is 11.8 Å². The van der Waals surface area contributed by atoms with E-state index >= 15 is 0 Å². The molecule has 1 heterocycles. The summed E-state index contributed by atoms with van der Waals surface area (Å²) in [5.41, 5.74) is 6.77. The molecule has 0 fully saturated rings. The van der Waals surface area contributed by atoms with E-state index in [9.17, 15) is 0 Å². The Morgan fingerprint density at radius 3 is 2.93 bits per heavy atom. The maximum absolute atomic E-state index is 5.77. The lowest BCUT2D eigenvalue weighted by molar-refractivity contribution is 0.183. The number of nitrogens with zero attached hydrogens (tertiary/aromatic N) is 2. The summed E-state index contributed by atoms with van der Waals surface area (Å²) in [6.45, 7) is 3.21. The lowest BCUT2D eigenvalue weighted by Gasteiger charge is -2.12. The lowest BCUT2D eigenvalue weighted by atomic mass is 10.3. The standard InChI is InChI=1S/C9H18N4O/c1-7-4-9(13(2)12-7)11-5-8(10)6-14-3/h4,8,11H,5-6,10H2,1-3H3. The molecule has 0 aliphatic rings. The number of aromatic nitrogens is 2. The number of hydrogen-bond acceptors (Lipinski definition) is 4. The number of aryl methyl sites for hydroxylation is 2. The van der Waals surface area contributed by atoms with Crippen LogP contribution in [0.15, 0.2) is 6.07 Å². The minimum Gasteiger partial charge on any atom is -0.383 e. The summed E-state index contributed by atoms with van der Waals surface area (Å²) in [5.74, 6) is 0.981. The molecule has 0 aliphatic heterocycles. The van der Waals surface area contributed by atoms with Gasteiger partial charge in [0.15, 0.2) is 0 Å². The smallest absolute Gasteiger partial charge is 0.124 e. The Bertz CT molecular complexity index is 284. The van der Waals surface area contributed by atoms with E-state index in [1.165, 1.54) is 0 Å². The topological polar surface area (TPSA) is 65.1 Å². The van der Waals surface area contributed by atoms with Gasteiger partial charge in [-0.25, -0.2) is 0 Å². The minimum absolute atomic E-state index is 0.00945. The van der Waals surface area contributed by atoms with E-state index in [2.05, 4.69) is 10.4 Å². The Balaban J connectivity index is 2.41. The molecule has 1 unspecified atom stereocenters. The predicted molar refractivity (Wildman–Crippen MR) is 56.3 cm³/mol. The molecule has 0 saturated heterocycles. The number of rotatable bonds is 5. The first-order chi connectivity index (χ1) is 6.63. The molecule has 1 rings (SSSR count). The van der Waals surface area contributed by atoms with Gasteiger partial charge in [-0.2, -0.15) is 5.10 Å². The molecule has 0 bridgehead atoms. The molecule has 0 saturated carbocycles. The van der Waals surface area contributed by atoms with Crippen molar-refractivity contribution in [2.24, 2.45) is 12.8 Å². The van der Waals surface area contributed by atoms with Crippen molar-refractivity contribution in [3.8, 4) is 0 Å². The normalized spacial score (nSPS) is 12.9. The number of nitrogens with two attached hydrogens (primary N) is 1. The van der Waals surface area contributed by atoms with Crippen LogP contribution < -0.4 is 11.1 Å². The third-order valence-corrected chi connectivity index (χ3v) is 1.93. The first-order valence-corrected chi connectivity index (χ1v) is 4.62. The fourth-order valence-electron chi connectivity index (χ4n) is 1.28. The second kappa shape index (κ2) is 4.97. The van der Waals surface area contributed by atoms with Crippen molar-refractivity contribution in [1.29, 1.82) is 0 Å². The highest BCUT2D eigenvalue weighted by Crippen LogP contribution is 2.07. The first-order valence-electron chi connectivity index (χ1n) is 4.62. The van der Waals surface area contributed by atoms with Crippen molar-refractivity contribution >= 4 is 5.82 Å². The zero-order valence-corrected chi connectivity index (χ0v) is 8.95. The SMILES string of the molecule is COCC(N)CNc1cc(C)nn1C. The van der Waals surface area contributed by atoms with E-state index in [0.717, 1.165) is 11.5 Å². The molecule has 0 aliphatic carbocycles. The van der Waals surface area contributed by atoms with Gasteiger partial charge in [0.2, 0.25) is 0 Å². The van der Waals surface area contributed by atoms with E-state index in [-0.39, 0.29) is 6.04 Å². The van der Waals surface area contributed by atoms with Crippen LogP contribution in [0, 0.1) is 6.92 Å². The van der Waals surface area contributed by atoms with Crippen molar-refractivity contribution in [2.75, 3.05) is 25.6 Å². The van der Waals surface area contributed by atoms with Crippen LogP contribution in [-0.4, -0.2) is 36.1 Å². The van der Waals surface area contributed by atoms with Gasteiger partial charge < -0.3 is 15.8 Å². The van der Waals surface area contributed by atoms with E-state index in [1.807, 2.05) is 20.0 Å². The van der Waals surface area contributed by atoms with Gasteiger partial charge in [0, 0.05) is 32.8 Å². The van der Waals surface area contributed by atoms with Crippen molar-refractivity contribution in [1.82, 2.24) is 9.78 Å². The van der Waals surface area contributed by atoms with Gasteiger partial charge in [0.05, 0.1) is 12.3 Å². The summed E-state index contributed by atoms with van der Waals surface area (Å²) in [5, 5.41) is 7.43. The second-order valence-corrected chi connectivity index (χ2v) is 3.39. The van der Waals surface area contributed by atoms with Gasteiger partial charge in [-0.3, -0.25) is 4.68 Å². The largest absolute Gasteiger partial charge is 0.383 e. The number of ether oxygens (including phenoxy) is 1. The summed E-state index contributed by atoms with van der Waals surface area (Å²) in [7, 11) is 3.55. The lowest BCUT2D eigenvalue weighted by Crippen LogP contribution is -2.33. The zero-order chi connectivity index (χ0) is 10.6. The average molecular weight is 198 g/mol. The highest BCUT2D eigenvalue weighted by molar-refractivity contribution is 5.36. The molecule has 1 aromatic heterocycles. The van der Waals surface area contributed by atoms with Crippen LogP contribution in [0.2, 0.25) is 0 Å². The Morgan fingerprint density at radius 1 is 1.71 bits per heavy atom. The molecule has 3 N–H and O–H groups in total. The monoisotopic (exact) mass is 198 g/mol. The molecule has 0 radical (unpaired) electrons. The summed E-state index contributed by atoms with van der Waals surface area (Å²) in [6, 6.07) is 2.00. The molecule has 1 atom stereocenters. The Kier molecular flexibility index (Phi) is 3.91. The third kappa shape index (κ3) is 3.01. The van der Waals surface area contributed by atoms with Crippen molar-refractivity contribution < 1.29 is 4.74 Å². The molecule has 80 valence electrons. The van der Waals surface area contributed by atoms with Crippen LogP contribution in [0.25, 0.3) is 0 Å². The molecular weight excluding hydrogens is 180 g/mol.